The minimum absolute atomic E-state index is 0.182. The van der Waals surface area contributed by atoms with Gasteiger partial charge in [-0.1, -0.05) is 36.4 Å². The predicted molar refractivity (Wildman–Crippen MR) is 109 cm³/mol. The summed E-state index contributed by atoms with van der Waals surface area (Å²) in [4.78, 5) is 15.6. The molecule has 5 rings (SSSR count). The number of aromatic amines is 1. The van der Waals surface area contributed by atoms with Crippen LogP contribution in [0.1, 0.15) is 5.56 Å². The summed E-state index contributed by atoms with van der Waals surface area (Å²) < 4.78 is 9.39. The first kappa shape index (κ1) is 16.4. The highest BCUT2D eigenvalue weighted by atomic mass is 16.5. The van der Waals surface area contributed by atoms with E-state index in [4.69, 9.17) is 4.74 Å². The number of H-pyrrole nitrogens is 1. The topological polar surface area (TPSA) is 64.8 Å². The van der Waals surface area contributed by atoms with Gasteiger partial charge in [-0.25, -0.2) is 4.79 Å². The maximum Gasteiger partial charge on any atom is 0.331 e. The van der Waals surface area contributed by atoms with Gasteiger partial charge in [0, 0.05) is 18.5 Å². The van der Waals surface area contributed by atoms with E-state index >= 15 is 0 Å². The van der Waals surface area contributed by atoms with Gasteiger partial charge in [-0.3, -0.25) is 9.25 Å². The van der Waals surface area contributed by atoms with Crippen LogP contribution in [0.2, 0.25) is 0 Å². The van der Waals surface area contributed by atoms with E-state index in [1.165, 1.54) is 0 Å². The van der Waals surface area contributed by atoms with Gasteiger partial charge in [0.1, 0.15) is 12.4 Å². The van der Waals surface area contributed by atoms with Crippen molar-refractivity contribution in [3.8, 4) is 11.4 Å². The molecule has 0 spiro atoms. The number of rotatable bonds is 4. The van der Waals surface area contributed by atoms with Crippen LogP contribution in [0.5, 0.6) is 5.75 Å². The molecule has 5 aromatic rings. The van der Waals surface area contributed by atoms with Crippen LogP contribution < -0.4 is 10.4 Å². The molecule has 0 aliphatic carbocycles. The lowest BCUT2D eigenvalue weighted by Crippen LogP contribution is -2.14. The highest BCUT2D eigenvalue weighted by Gasteiger charge is 2.12. The molecule has 1 N–H and O–H groups in total. The Morgan fingerprint density at radius 2 is 1.86 bits per heavy atom. The summed E-state index contributed by atoms with van der Waals surface area (Å²) in [5, 5.41) is 5.28. The molecule has 0 saturated carbocycles. The molecular formula is C22H18N4O2. The number of imidazole rings is 1. The average Bonchev–Trinajstić information content (AvgIpc) is 3.24. The Morgan fingerprint density at radius 3 is 2.71 bits per heavy atom. The minimum atomic E-state index is -0.182. The van der Waals surface area contributed by atoms with Crippen molar-refractivity contribution in [1.29, 1.82) is 0 Å². The van der Waals surface area contributed by atoms with Gasteiger partial charge in [0.15, 0.2) is 0 Å². The van der Waals surface area contributed by atoms with Crippen molar-refractivity contribution < 1.29 is 4.74 Å². The largest absolute Gasteiger partial charge is 0.489 e. The van der Waals surface area contributed by atoms with Gasteiger partial charge in [0.25, 0.3) is 0 Å². The zero-order valence-corrected chi connectivity index (χ0v) is 15.3. The molecule has 0 fully saturated rings. The first-order valence-electron chi connectivity index (χ1n) is 9.03. The average molecular weight is 370 g/mol. The van der Waals surface area contributed by atoms with Gasteiger partial charge in [-0.05, 0) is 29.8 Å². The minimum Gasteiger partial charge on any atom is -0.489 e. The normalized spacial score (nSPS) is 11.3. The molecule has 28 heavy (non-hydrogen) atoms. The van der Waals surface area contributed by atoms with Gasteiger partial charge in [0.05, 0.1) is 28.4 Å². The van der Waals surface area contributed by atoms with E-state index in [9.17, 15) is 4.79 Å². The molecule has 6 nitrogen and oxygen atoms in total. The zero-order valence-electron chi connectivity index (χ0n) is 15.3. The van der Waals surface area contributed by atoms with Crippen LogP contribution in [0.25, 0.3) is 27.6 Å². The second-order valence-electron chi connectivity index (χ2n) is 6.73. The molecule has 0 aliphatic rings. The molecule has 2 heterocycles. The van der Waals surface area contributed by atoms with Crippen molar-refractivity contribution >= 4 is 21.9 Å². The van der Waals surface area contributed by atoms with E-state index in [2.05, 4.69) is 10.1 Å². The monoisotopic (exact) mass is 370 g/mol. The molecule has 0 saturated heterocycles. The SMILES string of the molecule is Cn1ncc2cc3[nH]c(=O)n(-c4cccc(OCc5ccccc5)c4)c3cc21. The Balaban J connectivity index is 1.56. The number of fused-ring (bicyclic) bond motifs is 2. The molecule has 2 aromatic heterocycles. The fourth-order valence-corrected chi connectivity index (χ4v) is 3.46. The first-order chi connectivity index (χ1) is 13.7. The number of hydrogen-bond acceptors (Lipinski definition) is 3. The lowest BCUT2D eigenvalue weighted by atomic mass is 10.2. The fourth-order valence-electron chi connectivity index (χ4n) is 3.46. The second-order valence-corrected chi connectivity index (χ2v) is 6.73. The van der Waals surface area contributed by atoms with Crippen molar-refractivity contribution in [2.45, 2.75) is 6.61 Å². The number of aryl methyl sites for hydroxylation is 1. The van der Waals surface area contributed by atoms with Crippen LogP contribution >= 0.6 is 0 Å². The number of benzene rings is 3. The number of hydrogen-bond donors (Lipinski definition) is 1. The Labute approximate surface area is 160 Å². The molecule has 0 amide bonds. The molecule has 0 aliphatic heterocycles. The Bertz CT molecular complexity index is 1350. The van der Waals surface area contributed by atoms with Crippen LogP contribution in [0.4, 0.5) is 0 Å². The highest BCUT2D eigenvalue weighted by Crippen LogP contribution is 2.24. The number of aromatic nitrogens is 4. The van der Waals surface area contributed by atoms with Crippen LogP contribution in [0.3, 0.4) is 0 Å². The van der Waals surface area contributed by atoms with Crippen molar-refractivity contribution in [1.82, 2.24) is 19.3 Å². The van der Waals surface area contributed by atoms with Crippen LogP contribution in [0.15, 0.2) is 77.7 Å². The van der Waals surface area contributed by atoms with Gasteiger partial charge in [0.2, 0.25) is 0 Å². The Hall–Kier alpha value is -3.80. The van der Waals surface area contributed by atoms with E-state index in [-0.39, 0.29) is 5.69 Å². The summed E-state index contributed by atoms with van der Waals surface area (Å²) in [7, 11) is 1.89. The van der Waals surface area contributed by atoms with E-state index in [0.717, 1.165) is 33.2 Å². The van der Waals surface area contributed by atoms with Crippen LogP contribution in [-0.2, 0) is 13.7 Å². The van der Waals surface area contributed by atoms with Gasteiger partial charge in [-0.2, -0.15) is 5.10 Å². The molecule has 0 atom stereocenters. The molecule has 0 bridgehead atoms. The van der Waals surface area contributed by atoms with Crippen molar-refractivity contribution in [3.63, 3.8) is 0 Å². The lowest BCUT2D eigenvalue weighted by Gasteiger charge is -2.09. The third-order valence-electron chi connectivity index (χ3n) is 4.87. The molecule has 6 heteroatoms. The van der Waals surface area contributed by atoms with Crippen molar-refractivity contribution in [2.75, 3.05) is 0 Å². The molecule has 3 aromatic carbocycles. The zero-order chi connectivity index (χ0) is 19.1. The second kappa shape index (κ2) is 6.42. The maximum atomic E-state index is 12.7. The smallest absolute Gasteiger partial charge is 0.331 e. The van der Waals surface area contributed by atoms with Gasteiger partial charge < -0.3 is 9.72 Å². The van der Waals surface area contributed by atoms with Gasteiger partial charge >= 0.3 is 5.69 Å². The summed E-state index contributed by atoms with van der Waals surface area (Å²) in [6, 6.07) is 21.5. The molecule has 138 valence electrons. The van der Waals surface area contributed by atoms with Crippen molar-refractivity contribution in [2.24, 2.45) is 7.05 Å². The van der Waals surface area contributed by atoms with Crippen LogP contribution in [-0.4, -0.2) is 19.3 Å². The Morgan fingerprint density at radius 1 is 1.00 bits per heavy atom. The Kier molecular flexibility index (Phi) is 3.76. The molecular weight excluding hydrogens is 352 g/mol. The number of ether oxygens (including phenoxy) is 1. The summed E-state index contributed by atoms with van der Waals surface area (Å²) in [6.45, 7) is 0.475. The molecule has 0 radical (unpaired) electrons. The summed E-state index contributed by atoms with van der Waals surface area (Å²) in [6.07, 6.45) is 1.79. The van der Waals surface area contributed by atoms with E-state index in [1.807, 2.05) is 73.8 Å². The number of nitrogens with one attached hydrogen (secondary N) is 1. The predicted octanol–water partition coefficient (Wildman–Crippen LogP) is 3.78. The third kappa shape index (κ3) is 2.75. The fraction of sp³-hybridized carbons (Fsp3) is 0.0909. The standard InChI is InChI=1S/C22H18N4O2/c1-25-20-12-21-19(10-16(20)13-23-25)24-22(27)26(21)17-8-5-9-18(11-17)28-14-15-6-3-2-4-7-15/h2-13H,14H2,1H3,(H,24,27). The molecule has 0 unspecified atom stereocenters. The van der Waals surface area contributed by atoms with E-state index < -0.39 is 0 Å². The maximum absolute atomic E-state index is 12.7. The highest BCUT2D eigenvalue weighted by molar-refractivity contribution is 5.93. The summed E-state index contributed by atoms with van der Waals surface area (Å²) >= 11 is 0. The van der Waals surface area contributed by atoms with Crippen LogP contribution in [0, 0.1) is 0 Å². The summed E-state index contributed by atoms with van der Waals surface area (Å²) in [5.41, 5.74) is 4.22. The van der Waals surface area contributed by atoms with E-state index in [1.54, 1.807) is 15.4 Å². The quantitative estimate of drug-likeness (QED) is 0.524. The lowest BCUT2D eigenvalue weighted by molar-refractivity contribution is 0.306. The van der Waals surface area contributed by atoms with Gasteiger partial charge in [-0.15, -0.1) is 0 Å². The number of nitrogens with zero attached hydrogens (tertiary/aromatic N) is 3. The first-order valence-corrected chi connectivity index (χ1v) is 9.03. The third-order valence-corrected chi connectivity index (χ3v) is 4.87. The van der Waals surface area contributed by atoms with E-state index in [0.29, 0.717) is 12.4 Å². The summed E-state index contributed by atoms with van der Waals surface area (Å²) in [5.74, 6) is 0.712. The van der Waals surface area contributed by atoms with Crippen molar-refractivity contribution in [3.05, 3.63) is 89.0 Å².